The summed E-state index contributed by atoms with van der Waals surface area (Å²) in [6.07, 6.45) is 1.64. The molecule has 1 aliphatic rings. The molecule has 6 heteroatoms. The van der Waals surface area contributed by atoms with Gasteiger partial charge in [-0.2, -0.15) is 5.26 Å². The molecule has 1 aliphatic heterocycles. The van der Waals surface area contributed by atoms with E-state index in [1.54, 1.807) is 18.3 Å². The van der Waals surface area contributed by atoms with Crippen LogP contribution in [0.1, 0.15) is 5.56 Å². The van der Waals surface area contributed by atoms with Crippen LogP contribution in [0.15, 0.2) is 30.0 Å². The number of hydrogen-bond acceptors (Lipinski definition) is 4. The summed E-state index contributed by atoms with van der Waals surface area (Å²) < 4.78 is 0. The predicted molar refractivity (Wildman–Crippen MR) is 87.6 cm³/mol. The summed E-state index contributed by atoms with van der Waals surface area (Å²) in [6.45, 7) is 5.34. The highest BCUT2D eigenvalue weighted by atomic mass is 35.5. The number of nitrogens with zero attached hydrogens (tertiary/aromatic N) is 3. The van der Waals surface area contributed by atoms with Crippen LogP contribution in [0.2, 0.25) is 5.02 Å². The summed E-state index contributed by atoms with van der Waals surface area (Å²) in [7, 11) is 2.06. The molecule has 1 aromatic rings. The van der Waals surface area contributed by atoms with Crippen LogP contribution in [-0.4, -0.2) is 48.9 Å². The van der Waals surface area contributed by atoms with Gasteiger partial charge >= 0.3 is 0 Å². The number of aryl methyl sites for hydroxylation is 1. The number of piperazine rings is 1. The molecule has 0 atom stereocenters. The van der Waals surface area contributed by atoms with Crippen molar-refractivity contribution in [3.63, 3.8) is 0 Å². The van der Waals surface area contributed by atoms with Crippen molar-refractivity contribution in [3.8, 4) is 6.07 Å². The van der Waals surface area contributed by atoms with Crippen molar-refractivity contribution < 1.29 is 4.79 Å². The zero-order valence-electron chi connectivity index (χ0n) is 12.8. The van der Waals surface area contributed by atoms with Gasteiger partial charge in [-0.1, -0.05) is 17.7 Å². The molecular weight excluding hydrogens is 300 g/mol. The monoisotopic (exact) mass is 318 g/mol. The Kier molecular flexibility index (Phi) is 5.42. The topological polar surface area (TPSA) is 59.4 Å². The van der Waals surface area contributed by atoms with Gasteiger partial charge in [0.2, 0.25) is 0 Å². The number of anilines is 1. The van der Waals surface area contributed by atoms with Gasteiger partial charge in [-0.15, -0.1) is 0 Å². The molecule has 0 spiro atoms. The predicted octanol–water partition coefficient (Wildman–Crippen LogP) is 2.24. The first kappa shape index (κ1) is 16.3. The lowest BCUT2D eigenvalue weighted by atomic mass is 10.2. The van der Waals surface area contributed by atoms with Crippen LogP contribution >= 0.6 is 11.6 Å². The molecule has 22 heavy (non-hydrogen) atoms. The fourth-order valence-corrected chi connectivity index (χ4v) is 2.36. The van der Waals surface area contributed by atoms with Gasteiger partial charge in [0.25, 0.3) is 5.91 Å². The van der Waals surface area contributed by atoms with E-state index in [0.717, 1.165) is 31.7 Å². The van der Waals surface area contributed by atoms with Crippen LogP contribution in [0.5, 0.6) is 0 Å². The fourth-order valence-electron chi connectivity index (χ4n) is 2.19. The van der Waals surface area contributed by atoms with Crippen molar-refractivity contribution >= 4 is 23.2 Å². The van der Waals surface area contributed by atoms with Gasteiger partial charge in [0.1, 0.15) is 11.6 Å². The van der Waals surface area contributed by atoms with E-state index < -0.39 is 5.91 Å². The largest absolute Gasteiger partial charge is 0.374 e. The second-order valence-electron chi connectivity index (χ2n) is 5.41. The SMILES string of the molecule is Cc1ccc(Cl)cc1NC(=O)/C(C#N)=C\N1CCN(C)CC1. The zero-order valence-corrected chi connectivity index (χ0v) is 13.5. The van der Waals surface area contributed by atoms with Gasteiger partial charge < -0.3 is 15.1 Å². The molecule has 0 saturated carbocycles. The van der Waals surface area contributed by atoms with Crippen molar-refractivity contribution in [2.45, 2.75) is 6.92 Å². The molecule has 2 rings (SSSR count). The van der Waals surface area contributed by atoms with Crippen LogP contribution in [0.4, 0.5) is 5.69 Å². The molecule has 1 heterocycles. The third-order valence-corrected chi connectivity index (χ3v) is 3.90. The van der Waals surface area contributed by atoms with E-state index in [9.17, 15) is 10.1 Å². The molecule has 1 aromatic carbocycles. The highest BCUT2D eigenvalue weighted by molar-refractivity contribution is 6.31. The van der Waals surface area contributed by atoms with E-state index in [1.165, 1.54) is 0 Å². The maximum absolute atomic E-state index is 12.3. The molecule has 116 valence electrons. The zero-order chi connectivity index (χ0) is 16.1. The number of rotatable bonds is 3. The van der Waals surface area contributed by atoms with Crippen LogP contribution in [0, 0.1) is 18.3 Å². The van der Waals surface area contributed by atoms with E-state index in [1.807, 2.05) is 24.0 Å². The van der Waals surface area contributed by atoms with Gasteiger partial charge in [0.05, 0.1) is 0 Å². The lowest BCUT2D eigenvalue weighted by Crippen LogP contribution is -2.42. The first-order valence-corrected chi connectivity index (χ1v) is 7.49. The summed E-state index contributed by atoms with van der Waals surface area (Å²) in [4.78, 5) is 16.5. The molecule has 0 radical (unpaired) electrons. The minimum absolute atomic E-state index is 0.101. The van der Waals surface area contributed by atoms with Crippen molar-refractivity contribution in [3.05, 3.63) is 40.6 Å². The van der Waals surface area contributed by atoms with Gasteiger partial charge in [-0.25, -0.2) is 0 Å². The summed E-state index contributed by atoms with van der Waals surface area (Å²) >= 11 is 5.94. The second kappa shape index (κ2) is 7.30. The average Bonchev–Trinajstić information content (AvgIpc) is 2.50. The molecule has 1 amide bonds. The highest BCUT2D eigenvalue weighted by Gasteiger charge is 2.16. The number of benzene rings is 1. The number of nitriles is 1. The van der Waals surface area contributed by atoms with Crippen molar-refractivity contribution in [1.82, 2.24) is 9.80 Å². The third-order valence-electron chi connectivity index (χ3n) is 3.66. The van der Waals surface area contributed by atoms with E-state index in [2.05, 4.69) is 17.3 Å². The summed E-state index contributed by atoms with van der Waals surface area (Å²) in [6, 6.07) is 7.24. The van der Waals surface area contributed by atoms with Gasteiger partial charge in [0, 0.05) is 43.1 Å². The molecule has 1 fully saturated rings. The van der Waals surface area contributed by atoms with Crippen LogP contribution in [0.25, 0.3) is 0 Å². The number of amides is 1. The Bertz CT molecular complexity index is 628. The Morgan fingerprint density at radius 1 is 1.36 bits per heavy atom. The van der Waals surface area contributed by atoms with Gasteiger partial charge in [0.15, 0.2) is 0 Å². The van der Waals surface area contributed by atoms with Crippen molar-refractivity contribution in [2.75, 3.05) is 38.5 Å². The third kappa shape index (κ3) is 4.23. The van der Waals surface area contributed by atoms with E-state index in [-0.39, 0.29) is 5.57 Å². The maximum Gasteiger partial charge on any atom is 0.267 e. The Hall–Kier alpha value is -2.03. The van der Waals surface area contributed by atoms with E-state index >= 15 is 0 Å². The van der Waals surface area contributed by atoms with Crippen molar-refractivity contribution in [2.24, 2.45) is 0 Å². The molecule has 5 nitrogen and oxygen atoms in total. The lowest BCUT2D eigenvalue weighted by molar-refractivity contribution is -0.112. The fraction of sp³-hybridized carbons (Fsp3) is 0.375. The summed E-state index contributed by atoms with van der Waals surface area (Å²) in [5.74, 6) is -0.410. The number of halogens is 1. The summed E-state index contributed by atoms with van der Waals surface area (Å²) in [5, 5.41) is 12.5. The molecule has 0 bridgehead atoms. The number of likely N-dealkylation sites (N-methyl/N-ethyl adjacent to an activating group) is 1. The first-order valence-electron chi connectivity index (χ1n) is 7.11. The van der Waals surface area contributed by atoms with E-state index in [4.69, 9.17) is 11.6 Å². The van der Waals surface area contributed by atoms with Gasteiger partial charge in [-0.3, -0.25) is 4.79 Å². The maximum atomic E-state index is 12.3. The highest BCUT2D eigenvalue weighted by Crippen LogP contribution is 2.20. The Balaban J connectivity index is 2.09. The smallest absolute Gasteiger partial charge is 0.267 e. The minimum Gasteiger partial charge on any atom is -0.374 e. The molecular formula is C16H19ClN4O. The molecule has 1 saturated heterocycles. The van der Waals surface area contributed by atoms with Gasteiger partial charge in [-0.05, 0) is 31.7 Å². The molecule has 0 unspecified atom stereocenters. The number of hydrogen-bond donors (Lipinski definition) is 1. The van der Waals surface area contributed by atoms with Crippen LogP contribution in [-0.2, 0) is 4.79 Å². The molecule has 1 N–H and O–H groups in total. The minimum atomic E-state index is -0.410. The van der Waals surface area contributed by atoms with Crippen molar-refractivity contribution in [1.29, 1.82) is 5.26 Å². The van der Waals surface area contributed by atoms with E-state index in [0.29, 0.717) is 10.7 Å². The molecule has 0 aliphatic carbocycles. The van der Waals surface area contributed by atoms with Crippen LogP contribution < -0.4 is 5.32 Å². The normalized spacial score (nSPS) is 16.3. The standard InChI is InChI=1S/C16H19ClN4O/c1-12-3-4-14(17)9-15(12)19-16(22)13(10-18)11-21-7-5-20(2)6-8-21/h3-4,9,11H,5-8H2,1-2H3,(H,19,22)/b13-11-. The quantitative estimate of drug-likeness (QED) is 0.686. The second-order valence-corrected chi connectivity index (χ2v) is 5.84. The Morgan fingerprint density at radius 2 is 2.05 bits per heavy atom. The Labute approximate surface area is 135 Å². The Morgan fingerprint density at radius 3 is 2.68 bits per heavy atom. The van der Waals surface area contributed by atoms with Crippen LogP contribution in [0.3, 0.4) is 0 Å². The lowest BCUT2D eigenvalue weighted by Gasteiger charge is -2.31. The first-order chi connectivity index (χ1) is 10.5. The number of nitrogens with one attached hydrogen (secondary N) is 1. The average molecular weight is 319 g/mol. The number of carbonyl (C=O) groups is 1. The summed E-state index contributed by atoms with van der Waals surface area (Å²) in [5.41, 5.74) is 1.62. The molecule has 0 aromatic heterocycles. The number of carbonyl (C=O) groups excluding carboxylic acids is 1.